The Morgan fingerprint density at radius 2 is 2.00 bits per heavy atom. The summed E-state index contributed by atoms with van der Waals surface area (Å²) >= 11 is 5.98. The van der Waals surface area contributed by atoms with Crippen LogP contribution in [0, 0.1) is 12.7 Å². The van der Waals surface area contributed by atoms with E-state index in [2.05, 4.69) is 15.5 Å². The number of rotatable bonds is 5. The zero-order chi connectivity index (χ0) is 17.8. The Kier molecular flexibility index (Phi) is 5.14. The van der Waals surface area contributed by atoms with Gasteiger partial charge >= 0.3 is 0 Å². The first-order chi connectivity index (χ1) is 12.0. The monoisotopic (exact) mass is 357 g/mol. The standard InChI is InChI=1S/C19H17ClFN3O/c1-12-16(19(24-23-12)13-5-3-2-4-6-13)10-18(25)22-11-14-7-8-15(21)9-17(14)20/h2-9H,10-11H2,1H3,(H,22,25)(H,23,24). The fraction of sp³-hybridized carbons (Fsp3) is 0.158. The van der Waals surface area contributed by atoms with Gasteiger partial charge in [0.25, 0.3) is 0 Å². The molecule has 0 saturated carbocycles. The summed E-state index contributed by atoms with van der Waals surface area (Å²) in [6.45, 7) is 2.13. The van der Waals surface area contributed by atoms with Gasteiger partial charge in [-0.1, -0.05) is 48.0 Å². The highest BCUT2D eigenvalue weighted by molar-refractivity contribution is 6.31. The van der Waals surface area contributed by atoms with Gasteiger partial charge in [0, 0.05) is 28.4 Å². The van der Waals surface area contributed by atoms with E-state index in [9.17, 15) is 9.18 Å². The highest BCUT2D eigenvalue weighted by Gasteiger charge is 2.15. The van der Waals surface area contributed by atoms with Gasteiger partial charge in [-0.05, 0) is 24.6 Å². The van der Waals surface area contributed by atoms with Crippen LogP contribution in [-0.4, -0.2) is 16.1 Å². The molecule has 6 heteroatoms. The number of aryl methyl sites for hydroxylation is 1. The molecule has 0 bridgehead atoms. The third kappa shape index (κ3) is 4.06. The van der Waals surface area contributed by atoms with Crippen LogP contribution in [0.15, 0.2) is 48.5 Å². The van der Waals surface area contributed by atoms with Crippen molar-refractivity contribution in [3.05, 3.63) is 76.2 Å². The highest BCUT2D eigenvalue weighted by atomic mass is 35.5. The van der Waals surface area contributed by atoms with Crippen molar-refractivity contribution in [2.24, 2.45) is 0 Å². The number of nitrogens with one attached hydrogen (secondary N) is 2. The number of hydrogen-bond acceptors (Lipinski definition) is 2. The Hall–Kier alpha value is -2.66. The Morgan fingerprint density at radius 1 is 1.24 bits per heavy atom. The predicted molar refractivity (Wildman–Crippen MR) is 95.7 cm³/mol. The van der Waals surface area contributed by atoms with E-state index in [4.69, 9.17) is 11.6 Å². The molecule has 0 spiro atoms. The van der Waals surface area contributed by atoms with Gasteiger partial charge in [0.2, 0.25) is 5.91 Å². The summed E-state index contributed by atoms with van der Waals surface area (Å²) in [5.74, 6) is -0.552. The SMILES string of the molecule is Cc1[nH]nc(-c2ccccc2)c1CC(=O)NCc1ccc(F)cc1Cl. The lowest BCUT2D eigenvalue weighted by Crippen LogP contribution is -2.25. The summed E-state index contributed by atoms with van der Waals surface area (Å²) in [4.78, 5) is 12.3. The Labute approximate surface area is 150 Å². The van der Waals surface area contributed by atoms with Crippen molar-refractivity contribution in [3.8, 4) is 11.3 Å². The van der Waals surface area contributed by atoms with E-state index in [1.807, 2.05) is 37.3 Å². The van der Waals surface area contributed by atoms with E-state index in [1.54, 1.807) is 6.07 Å². The minimum absolute atomic E-state index is 0.151. The summed E-state index contributed by atoms with van der Waals surface area (Å²) in [6.07, 6.45) is 0.200. The van der Waals surface area contributed by atoms with Gasteiger partial charge in [-0.3, -0.25) is 9.89 Å². The highest BCUT2D eigenvalue weighted by Crippen LogP contribution is 2.24. The molecular formula is C19H17ClFN3O. The molecular weight excluding hydrogens is 341 g/mol. The second kappa shape index (κ2) is 7.49. The number of hydrogen-bond donors (Lipinski definition) is 2. The molecule has 2 N–H and O–H groups in total. The van der Waals surface area contributed by atoms with Crippen LogP contribution in [0.25, 0.3) is 11.3 Å². The summed E-state index contributed by atoms with van der Waals surface area (Å²) in [5, 5.41) is 10.4. The van der Waals surface area contributed by atoms with E-state index >= 15 is 0 Å². The van der Waals surface area contributed by atoms with E-state index < -0.39 is 5.82 Å². The zero-order valence-corrected chi connectivity index (χ0v) is 14.4. The van der Waals surface area contributed by atoms with Crippen molar-refractivity contribution in [1.82, 2.24) is 15.5 Å². The first-order valence-electron chi connectivity index (χ1n) is 7.84. The summed E-state index contributed by atoms with van der Waals surface area (Å²) in [7, 11) is 0. The maximum absolute atomic E-state index is 13.1. The molecule has 2 aromatic carbocycles. The molecule has 128 valence electrons. The van der Waals surface area contributed by atoms with E-state index in [-0.39, 0.29) is 18.9 Å². The number of carbonyl (C=O) groups is 1. The minimum atomic E-state index is -0.401. The van der Waals surface area contributed by atoms with Gasteiger partial charge in [0.15, 0.2) is 0 Å². The molecule has 1 heterocycles. The van der Waals surface area contributed by atoms with Crippen LogP contribution in [0.2, 0.25) is 5.02 Å². The second-order valence-corrected chi connectivity index (χ2v) is 6.14. The molecule has 0 aliphatic rings. The van der Waals surface area contributed by atoms with Crippen molar-refractivity contribution < 1.29 is 9.18 Å². The molecule has 4 nitrogen and oxygen atoms in total. The van der Waals surface area contributed by atoms with E-state index in [0.717, 1.165) is 22.5 Å². The molecule has 0 aliphatic heterocycles. The molecule has 0 saturated heterocycles. The molecule has 0 atom stereocenters. The number of H-pyrrole nitrogens is 1. The van der Waals surface area contributed by atoms with Crippen LogP contribution in [0.3, 0.4) is 0 Å². The molecule has 3 rings (SSSR count). The maximum Gasteiger partial charge on any atom is 0.224 e. The lowest BCUT2D eigenvalue weighted by atomic mass is 10.0. The van der Waals surface area contributed by atoms with Crippen molar-refractivity contribution >= 4 is 17.5 Å². The lowest BCUT2D eigenvalue weighted by molar-refractivity contribution is -0.120. The normalized spacial score (nSPS) is 10.7. The average molecular weight is 358 g/mol. The number of aromatic amines is 1. The third-order valence-corrected chi connectivity index (χ3v) is 4.30. The smallest absolute Gasteiger partial charge is 0.224 e. The fourth-order valence-electron chi connectivity index (χ4n) is 2.59. The zero-order valence-electron chi connectivity index (χ0n) is 13.6. The molecule has 3 aromatic rings. The topological polar surface area (TPSA) is 57.8 Å². The van der Waals surface area contributed by atoms with Gasteiger partial charge < -0.3 is 5.32 Å². The van der Waals surface area contributed by atoms with Gasteiger partial charge in [0.1, 0.15) is 5.82 Å². The number of amides is 1. The summed E-state index contributed by atoms with van der Waals surface area (Å²) in [5.41, 5.74) is 4.11. The van der Waals surface area contributed by atoms with Crippen LogP contribution in [0.1, 0.15) is 16.8 Å². The third-order valence-electron chi connectivity index (χ3n) is 3.95. The number of benzene rings is 2. The van der Waals surface area contributed by atoms with Gasteiger partial charge in [0.05, 0.1) is 12.1 Å². The predicted octanol–water partition coefficient (Wildman–Crippen LogP) is 4.04. The van der Waals surface area contributed by atoms with Gasteiger partial charge in [-0.2, -0.15) is 5.10 Å². The number of carbonyl (C=O) groups excluding carboxylic acids is 1. The van der Waals surface area contributed by atoms with Gasteiger partial charge in [-0.25, -0.2) is 4.39 Å². The number of halogens is 2. The van der Waals surface area contributed by atoms with Crippen LogP contribution < -0.4 is 5.32 Å². The van der Waals surface area contributed by atoms with Crippen LogP contribution in [0.5, 0.6) is 0 Å². The van der Waals surface area contributed by atoms with Crippen LogP contribution >= 0.6 is 11.6 Å². The Balaban J connectivity index is 1.70. The van der Waals surface area contributed by atoms with Crippen molar-refractivity contribution in [3.63, 3.8) is 0 Å². The van der Waals surface area contributed by atoms with Crippen LogP contribution in [-0.2, 0) is 17.8 Å². The van der Waals surface area contributed by atoms with E-state index in [1.165, 1.54) is 12.1 Å². The quantitative estimate of drug-likeness (QED) is 0.724. The van der Waals surface area contributed by atoms with Crippen molar-refractivity contribution in [2.75, 3.05) is 0 Å². The maximum atomic E-state index is 13.1. The Bertz CT molecular complexity index is 893. The van der Waals surface area contributed by atoms with Crippen molar-refractivity contribution in [2.45, 2.75) is 19.9 Å². The van der Waals surface area contributed by atoms with Gasteiger partial charge in [-0.15, -0.1) is 0 Å². The molecule has 1 amide bonds. The van der Waals surface area contributed by atoms with E-state index in [0.29, 0.717) is 10.6 Å². The Morgan fingerprint density at radius 3 is 2.72 bits per heavy atom. The first kappa shape index (κ1) is 17.2. The largest absolute Gasteiger partial charge is 0.352 e. The summed E-state index contributed by atoms with van der Waals surface area (Å²) in [6, 6.07) is 13.8. The number of nitrogens with zero attached hydrogens (tertiary/aromatic N) is 1. The fourth-order valence-corrected chi connectivity index (χ4v) is 2.82. The molecule has 1 aromatic heterocycles. The van der Waals surface area contributed by atoms with Crippen molar-refractivity contribution in [1.29, 1.82) is 0 Å². The molecule has 0 aliphatic carbocycles. The number of aromatic nitrogens is 2. The lowest BCUT2D eigenvalue weighted by Gasteiger charge is -2.08. The molecule has 0 unspecified atom stereocenters. The molecule has 25 heavy (non-hydrogen) atoms. The second-order valence-electron chi connectivity index (χ2n) is 5.73. The van der Waals surface area contributed by atoms with Crippen LogP contribution in [0.4, 0.5) is 4.39 Å². The first-order valence-corrected chi connectivity index (χ1v) is 8.22. The molecule has 0 fully saturated rings. The minimum Gasteiger partial charge on any atom is -0.352 e. The summed E-state index contributed by atoms with van der Waals surface area (Å²) < 4.78 is 13.1. The molecule has 0 radical (unpaired) electrons. The average Bonchev–Trinajstić information content (AvgIpc) is 2.95.